The number of Topliss-reactive ketones (excluding diaryl/α,β-unsaturated/α-hetero) is 1. The summed E-state index contributed by atoms with van der Waals surface area (Å²) in [6.45, 7) is 0. The number of carbonyl (C=O) groups excluding carboxylic acids is 1. The zero-order valence-electron chi connectivity index (χ0n) is 14.5. The lowest BCUT2D eigenvalue weighted by Gasteiger charge is -2.05. The number of hydrogen-bond acceptors (Lipinski definition) is 5. The molecule has 0 saturated carbocycles. The van der Waals surface area contributed by atoms with E-state index in [9.17, 15) is 9.18 Å². The summed E-state index contributed by atoms with van der Waals surface area (Å²) in [7, 11) is 3.51. The first-order chi connectivity index (χ1) is 12.6. The van der Waals surface area contributed by atoms with E-state index in [0.29, 0.717) is 17.1 Å². The summed E-state index contributed by atoms with van der Waals surface area (Å²) >= 11 is 1.32. The second-order valence-electron chi connectivity index (χ2n) is 5.70. The third-order valence-electron chi connectivity index (χ3n) is 3.94. The van der Waals surface area contributed by atoms with Crippen LogP contribution in [0.25, 0.3) is 0 Å². The number of methoxy groups -OCH3 is 1. The van der Waals surface area contributed by atoms with Gasteiger partial charge in [0.25, 0.3) is 0 Å². The van der Waals surface area contributed by atoms with Crippen molar-refractivity contribution in [2.45, 2.75) is 11.6 Å². The van der Waals surface area contributed by atoms with E-state index >= 15 is 0 Å². The first kappa shape index (κ1) is 18.1. The zero-order valence-corrected chi connectivity index (χ0v) is 15.3. The van der Waals surface area contributed by atoms with Crippen molar-refractivity contribution in [1.82, 2.24) is 14.8 Å². The van der Waals surface area contributed by atoms with Gasteiger partial charge in [0.15, 0.2) is 10.9 Å². The van der Waals surface area contributed by atoms with E-state index in [4.69, 9.17) is 4.74 Å². The summed E-state index contributed by atoms with van der Waals surface area (Å²) in [5.41, 5.74) is 1.58. The van der Waals surface area contributed by atoms with Crippen molar-refractivity contribution in [3.63, 3.8) is 0 Å². The van der Waals surface area contributed by atoms with Gasteiger partial charge in [0.1, 0.15) is 17.4 Å². The molecule has 0 amide bonds. The van der Waals surface area contributed by atoms with Crippen molar-refractivity contribution >= 4 is 17.5 Å². The second kappa shape index (κ2) is 8.14. The van der Waals surface area contributed by atoms with Crippen LogP contribution in [0.2, 0.25) is 0 Å². The molecular weight excluding hydrogens is 353 g/mol. The van der Waals surface area contributed by atoms with Crippen LogP contribution in [0, 0.1) is 5.82 Å². The molecule has 1 heterocycles. The fourth-order valence-electron chi connectivity index (χ4n) is 2.40. The van der Waals surface area contributed by atoms with Crippen LogP contribution in [0.5, 0.6) is 5.75 Å². The number of ketones is 1. The molecule has 0 radical (unpaired) electrons. The molecule has 0 aliphatic carbocycles. The van der Waals surface area contributed by atoms with Gasteiger partial charge in [-0.15, -0.1) is 10.2 Å². The number of rotatable bonds is 7. The first-order valence-corrected chi connectivity index (χ1v) is 8.98. The van der Waals surface area contributed by atoms with Gasteiger partial charge in [-0.2, -0.15) is 0 Å². The lowest BCUT2D eigenvalue weighted by Crippen LogP contribution is -2.05. The molecule has 2 aromatic carbocycles. The lowest BCUT2D eigenvalue weighted by atomic mass is 10.1. The maximum atomic E-state index is 12.9. The summed E-state index contributed by atoms with van der Waals surface area (Å²) in [5.74, 6) is 1.41. The number of thioether (sulfide) groups is 1. The van der Waals surface area contributed by atoms with Gasteiger partial charge in [-0.1, -0.05) is 23.9 Å². The number of ether oxygens (including phenoxy) is 1. The molecule has 0 unspecified atom stereocenters. The van der Waals surface area contributed by atoms with Gasteiger partial charge in [-0.3, -0.25) is 4.79 Å². The molecule has 3 aromatic rings. The highest BCUT2D eigenvalue weighted by Gasteiger charge is 2.13. The number of aromatic nitrogens is 3. The molecule has 1 aromatic heterocycles. The van der Waals surface area contributed by atoms with Crippen LogP contribution in [0.15, 0.2) is 53.7 Å². The maximum absolute atomic E-state index is 12.9. The van der Waals surface area contributed by atoms with Crippen molar-refractivity contribution in [2.24, 2.45) is 7.05 Å². The van der Waals surface area contributed by atoms with Crippen LogP contribution in [0.1, 0.15) is 21.7 Å². The largest absolute Gasteiger partial charge is 0.497 e. The Morgan fingerprint density at radius 1 is 1.12 bits per heavy atom. The van der Waals surface area contributed by atoms with Crippen molar-refractivity contribution in [3.8, 4) is 5.75 Å². The fourth-order valence-corrected chi connectivity index (χ4v) is 3.22. The maximum Gasteiger partial charge on any atom is 0.191 e. The van der Waals surface area contributed by atoms with Gasteiger partial charge in [-0.05, 0) is 42.0 Å². The Morgan fingerprint density at radius 3 is 2.46 bits per heavy atom. The van der Waals surface area contributed by atoms with Gasteiger partial charge in [0, 0.05) is 19.0 Å². The number of nitrogens with zero attached hydrogens (tertiary/aromatic N) is 3. The zero-order chi connectivity index (χ0) is 18.5. The van der Waals surface area contributed by atoms with Gasteiger partial charge in [-0.25, -0.2) is 4.39 Å². The van der Waals surface area contributed by atoms with Crippen molar-refractivity contribution in [1.29, 1.82) is 0 Å². The van der Waals surface area contributed by atoms with Gasteiger partial charge < -0.3 is 9.30 Å². The van der Waals surface area contributed by atoms with Crippen LogP contribution in [-0.2, 0) is 13.5 Å². The van der Waals surface area contributed by atoms with E-state index in [2.05, 4.69) is 10.2 Å². The second-order valence-corrected chi connectivity index (χ2v) is 6.64. The quantitative estimate of drug-likeness (QED) is 0.470. The molecule has 0 atom stereocenters. The van der Waals surface area contributed by atoms with E-state index in [-0.39, 0.29) is 17.4 Å². The average molecular weight is 371 g/mol. The average Bonchev–Trinajstić information content (AvgIpc) is 3.00. The lowest BCUT2D eigenvalue weighted by molar-refractivity contribution is 0.102. The topological polar surface area (TPSA) is 57.0 Å². The van der Waals surface area contributed by atoms with E-state index in [1.54, 1.807) is 7.11 Å². The minimum atomic E-state index is -0.356. The molecule has 3 rings (SSSR count). The Labute approximate surface area is 155 Å². The molecule has 0 aliphatic rings. The summed E-state index contributed by atoms with van der Waals surface area (Å²) in [5, 5.41) is 9.05. The van der Waals surface area contributed by atoms with Crippen LogP contribution >= 0.6 is 11.8 Å². The Hall–Kier alpha value is -2.67. The fraction of sp³-hybridized carbons (Fsp3) is 0.211. The molecule has 0 N–H and O–H groups in total. The van der Waals surface area contributed by atoms with Crippen LogP contribution in [0.4, 0.5) is 4.39 Å². The van der Waals surface area contributed by atoms with Crippen LogP contribution in [0.3, 0.4) is 0 Å². The van der Waals surface area contributed by atoms with Gasteiger partial charge in [0.2, 0.25) is 0 Å². The monoisotopic (exact) mass is 371 g/mol. The van der Waals surface area contributed by atoms with Gasteiger partial charge >= 0.3 is 0 Å². The number of hydrogen-bond donors (Lipinski definition) is 0. The molecule has 0 spiro atoms. The summed E-state index contributed by atoms with van der Waals surface area (Å²) in [4.78, 5) is 12.2. The third-order valence-corrected chi connectivity index (χ3v) is 4.97. The smallest absolute Gasteiger partial charge is 0.191 e. The number of carbonyl (C=O) groups is 1. The normalized spacial score (nSPS) is 10.7. The van der Waals surface area contributed by atoms with Crippen molar-refractivity contribution in [3.05, 3.63) is 71.3 Å². The summed E-state index contributed by atoms with van der Waals surface area (Å²) < 4.78 is 20.0. The molecule has 26 heavy (non-hydrogen) atoms. The van der Waals surface area contributed by atoms with Crippen molar-refractivity contribution < 1.29 is 13.9 Å². The summed E-state index contributed by atoms with van der Waals surface area (Å²) in [6, 6.07) is 13.3. The highest BCUT2D eigenvalue weighted by molar-refractivity contribution is 7.99. The molecule has 0 fully saturated rings. The Balaban J connectivity index is 1.62. The molecule has 7 heteroatoms. The van der Waals surface area contributed by atoms with E-state index < -0.39 is 0 Å². The van der Waals surface area contributed by atoms with E-state index in [1.165, 1.54) is 36.0 Å². The molecule has 0 aliphatic heterocycles. The van der Waals surface area contributed by atoms with E-state index in [1.807, 2.05) is 35.9 Å². The number of benzene rings is 2. The highest BCUT2D eigenvalue weighted by Crippen LogP contribution is 2.20. The summed E-state index contributed by atoms with van der Waals surface area (Å²) in [6.07, 6.45) is 0.639. The minimum absolute atomic E-state index is 0.0743. The predicted octanol–water partition coefficient (Wildman–Crippen LogP) is 3.53. The van der Waals surface area contributed by atoms with E-state index in [0.717, 1.165) is 17.1 Å². The van der Waals surface area contributed by atoms with Crippen molar-refractivity contribution in [2.75, 3.05) is 12.9 Å². The molecule has 0 bridgehead atoms. The minimum Gasteiger partial charge on any atom is -0.497 e. The van der Waals surface area contributed by atoms with Crippen LogP contribution in [-0.4, -0.2) is 33.4 Å². The first-order valence-electron chi connectivity index (χ1n) is 7.99. The van der Waals surface area contributed by atoms with Crippen LogP contribution < -0.4 is 4.74 Å². The van der Waals surface area contributed by atoms with Gasteiger partial charge in [0.05, 0.1) is 12.9 Å². The molecule has 5 nitrogen and oxygen atoms in total. The molecule has 0 saturated heterocycles. The predicted molar refractivity (Wildman–Crippen MR) is 98.3 cm³/mol. The SMILES string of the molecule is COc1ccc(Cc2nnc(SCC(=O)c3ccc(F)cc3)n2C)cc1. The third kappa shape index (κ3) is 4.29. The highest BCUT2D eigenvalue weighted by atomic mass is 32.2. The Bertz CT molecular complexity index is 892. The molecule has 134 valence electrons. The Kier molecular flexibility index (Phi) is 5.68. The number of halogens is 1. The molecular formula is C19H18FN3O2S. The standard InChI is InChI=1S/C19H18FN3O2S/c1-23-18(11-13-3-9-16(25-2)10-4-13)21-22-19(23)26-12-17(24)14-5-7-15(20)8-6-14/h3-10H,11-12H2,1-2H3. The Morgan fingerprint density at radius 2 is 1.81 bits per heavy atom.